The minimum Gasteiger partial charge on any atom is -0.375 e. The predicted octanol–water partition coefficient (Wildman–Crippen LogP) is 2.77. The van der Waals surface area contributed by atoms with Crippen LogP contribution in [0.1, 0.15) is 22.7 Å². The van der Waals surface area contributed by atoms with Crippen LogP contribution >= 0.6 is 0 Å². The number of hydrogen-bond donors (Lipinski definition) is 0. The van der Waals surface area contributed by atoms with Crippen molar-refractivity contribution in [2.24, 2.45) is 0 Å². The summed E-state index contributed by atoms with van der Waals surface area (Å²) >= 11 is 0. The summed E-state index contributed by atoms with van der Waals surface area (Å²) in [6.07, 6.45) is -4.42. The van der Waals surface area contributed by atoms with Crippen LogP contribution in [-0.4, -0.2) is 31.2 Å². The lowest BCUT2D eigenvalue weighted by molar-refractivity contribution is -0.137. The second-order valence-electron chi connectivity index (χ2n) is 5.07. The van der Waals surface area contributed by atoms with Gasteiger partial charge in [0.15, 0.2) is 0 Å². The van der Waals surface area contributed by atoms with Crippen molar-refractivity contribution in [3.8, 4) is 0 Å². The molecule has 104 valence electrons. The molecule has 6 heteroatoms. The Hall–Kier alpha value is -1.14. The summed E-state index contributed by atoms with van der Waals surface area (Å²) < 4.78 is 57.6. The quantitative estimate of drug-likeness (QED) is 0.675. The Labute approximate surface area is 108 Å². The van der Waals surface area contributed by atoms with E-state index in [4.69, 9.17) is 4.74 Å². The van der Waals surface area contributed by atoms with Crippen LogP contribution in [0.5, 0.6) is 0 Å². The number of benzene rings is 1. The van der Waals surface area contributed by atoms with Crippen LogP contribution in [-0.2, 0) is 17.3 Å². The average Bonchev–Trinajstić information content (AvgIpc) is 2.67. The number of rotatable bonds is 0. The van der Waals surface area contributed by atoms with Gasteiger partial charge in [0, 0.05) is 18.5 Å². The fraction of sp³-hybridized carbons (Fsp3) is 0.538. The molecule has 0 unspecified atom stereocenters. The predicted molar refractivity (Wildman–Crippen MR) is 60.2 cm³/mol. The van der Waals surface area contributed by atoms with Crippen molar-refractivity contribution in [3.05, 3.63) is 34.6 Å². The maximum Gasteiger partial charge on any atom is 0.416 e. The second-order valence-corrected chi connectivity index (χ2v) is 5.07. The molecule has 0 spiro atoms. The van der Waals surface area contributed by atoms with Crippen molar-refractivity contribution in [1.29, 1.82) is 0 Å². The summed E-state index contributed by atoms with van der Waals surface area (Å²) in [7, 11) is 1.84. The molecule has 19 heavy (non-hydrogen) atoms. The largest absolute Gasteiger partial charge is 0.416 e. The topological polar surface area (TPSA) is 12.5 Å². The Morgan fingerprint density at radius 3 is 2.74 bits per heavy atom. The van der Waals surface area contributed by atoms with Gasteiger partial charge in [-0.2, -0.15) is 13.2 Å². The molecule has 0 radical (unpaired) electrons. The van der Waals surface area contributed by atoms with Gasteiger partial charge in [0.25, 0.3) is 0 Å². The van der Waals surface area contributed by atoms with E-state index in [1.54, 1.807) is 0 Å². The number of alkyl halides is 3. The van der Waals surface area contributed by atoms with Crippen molar-refractivity contribution in [1.82, 2.24) is 4.90 Å². The normalized spacial score (nSPS) is 27.2. The lowest BCUT2D eigenvalue weighted by atomic mass is 10.0. The highest BCUT2D eigenvalue weighted by Crippen LogP contribution is 2.43. The number of halogens is 4. The molecule has 2 aliphatic rings. The first-order valence-corrected chi connectivity index (χ1v) is 6.09. The van der Waals surface area contributed by atoms with Crippen molar-refractivity contribution in [3.63, 3.8) is 0 Å². The molecule has 1 aliphatic heterocycles. The van der Waals surface area contributed by atoms with Gasteiger partial charge < -0.3 is 4.74 Å². The Kier molecular flexibility index (Phi) is 2.83. The average molecular weight is 275 g/mol. The summed E-state index contributed by atoms with van der Waals surface area (Å²) in [4.78, 5) is 1.94. The van der Waals surface area contributed by atoms with Crippen LogP contribution in [0, 0.1) is 5.82 Å². The minimum absolute atomic E-state index is 0.244. The molecule has 1 aromatic carbocycles. The van der Waals surface area contributed by atoms with Crippen LogP contribution in [0.4, 0.5) is 17.6 Å². The molecule has 1 aromatic rings. The molecule has 1 aliphatic carbocycles. The third-order valence-corrected chi connectivity index (χ3v) is 3.86. The minimum atomic E-state index is -4.52. The highest BCUT2D eigenvalue weighted by atomic mass is 19.4. The van der Waals surface area contributed by atoms with Crippen LogP contribution in [0.3, 0.4) is 0 Å². The zero-order valence-corrected chi connectivity index (χ0v) is 10.3. The highest BCUT2D eigenvalue weighted by molar-refractivity contribution is 5.42. The molecule has 1 fully saturated rings. The molecule has 0 N–H and O–H groups in total. The molecule has 2 atom stereocenters. The van der Waals surface area contributed by atoms with E-state index in [1.807, 2.05) is 11.9 Å². The number of hydrogen-bond acceptors (Lipinski definition) is 2. The van der Waals surface area contributed by atoms with Gasteiger partial charge in [0.1, 0.15) is 5.82 Å². The van der Waals surface area contributed by atoms with Gasteiger partial charge in [-0.1, -0.05) is 0 Å². The van der Waals surface area contributed by atoms with Gasteiger partial charge in [-0.25, -0.2) is 4.39 Å². The number of likely N-dealkylation sites (N-methyl/N-ethyl adjacent to an activating group) is 1. The first-order valence-electron chi connectivity index (χ1n) is 6.09. The third-order valence-electron chi connectivity index (χ3n) is 3.86. The van der Waals surface area contributed by atoms with Gasteiger partial charge in [0.2, 0.25) is 0 Å². The van der Waals surface area contributed by atoms with E-state index in [9.17, 15) is 17.6 Å². The summed E-state index contributed by atoms with van der Waals surface area (Å²) in [5.74, 6) is -0.783. The fourth-order valence-electron chi connectivity index (χ4n) is 2.99. The Morgan fingerprint density at radius 2 is 2.05 bits per heavy atom. The monoisotopic (exact) mass is 275 g/mol. The number of ether oxygens (including phenoxy) is 1. The second kappa shape index (κ2) is 4.18. The molecule has 1 saturated heterocycles. The number of morpholine rings is 1. The molecular formula is C13H13F4NO. The van der Waals surface area contributed by atoms with E-state index in [-0.39, 0.29) is 12.1 Å². The van der Waals surface area contributed by atoms with Crippen molar-refractivity contribution in [2.45, 2.75) is 24.7 Å². The standard InChI is InChI=1S/C13H13F4NO/c1-18-2-3-19-10-5-7-4-8(13(15,16)17)6-9(14)11(7)12(10)18/h4,6,10,12H,2-3,5H2,1H3/t10-,12-/m1/s1. The van der Waals surface area contributed by atoms with E-state index < -0.39 is 17.6 Å². The summed E-state index contributed by atoms with van der Waals surface area (Å²) in [5.41, 5.74) is -0.152. The third kappa shape index (κ3) is 2.03. The summed E-state index contributed by atoms with van der Waals surface area (Å²) in [6.45, 7) is 1.18. The Bertz CT molecular complexity index is 514. The van der Waals surface area contributed by atoms with Crippen LogP contribution < -0.4 is 0 Å². The SMILES string of the molecule is CN1CCO[C@@H]2Cc3cc(C(F)(F)F)cc(F)c3[C@@H]21. The molecule has 1 heterocycles. The Balaban J connectivity index is 2.07. The van der Waals surface area contributed by atoms with Crippen molar-refractivity contribution >= 4 is 0 Å². The molecule has 3 rings (SSSR count). The van der Waals surface area contributed by atoms with Gasteiger partial charge >= 0.3 is 6.18 Å². The molecule has 0 amide bonds. The number of nitrogens with zero attached hydrogens (tertiary/aromatic N) is 1. The summed E-state index contributed by atoms with van der Waals surface area (Å²) in [6, 6.07) is 1.36. The zero-order valence-electron chi connectivity index (χ0n) is 10.3. The highest BCUT2D eigenvalue weighted by Gasteiger charge is 2.42. The van der Waals surface area contributed by atoms with E-state index in [2.05, 4.69) is 0 Å². The van der Waals surface area contributed by atoms with Gasteiger partial charge in [-0.3, -0.25) is 4.90 Å². The molecule has 2 nitrogen and oxygen atoms in total. The zero-order chi connectivity index (χ0) is 13.8. The number of fused-ring (bicyclic) bond motifs is 3. The lowest BCUT2D eigenvalue weighted by Crippen LogP contribution is -2.41. The maximum atomic E-state index is 14.0. The van der Waals surface area contributed by atoms with E-state index in [1.165, 1.54) is 0 Å². The van der Waals surface area contributed by atoms with Gasteiger partial charge in [-0.15, -0.1) is 0 Å². The van der Waals surface area contributed by atoms with E-state index in [0.29, 0.717) is 36.8 Å². The Morgan fingerprint density at radius 1 is 1.32 bits per heavy atom. The van der Waals surface area contributed by atoms with Crippen molar-refractivity contribution in [2.75, 3.05) is 20.2 Å². The van der Waals surface area contributed by atoms with E-state index >= 15 is 0 Å². The molecule has 0 saturated carbocycles. The first kappa shape index (κ1) is 12.9. The van der Waals surface area contributed by atoms with Crippen molar-refractivity contribution < 1.29 is 22.3 Å². The maximum absolute atomic E-state index is 14.0. The smallest absolute Gasteiger partial charge is 0.375 e. The molecule has 0 bridgehead atoms. The van der Waals surface area contributed by atoms with Crippen LogP contribution in [0.25, 0.3) is 0 Å². The van der Waals surface area contributed by atoms with Crippen LogP contribution in [0.2, 0.25) is 0 Å². The lowest BCUT2D eigenvalue weighted by Gasteiger charge is -2.35. The molecular weight excluding hydrogens is 262 g/mol. The first-order chi connectivity index (χ1) is 8.88. The van der Waals surface area contributed by atoms with E-state index in [0.717, 1.165) is 6.07 Å². The summed E-state index contributed by atoms with van der Waals surface area (Å²) in [5, 5.41) is 0. The van der Waals surface area contributed by atoms with Gasteiger partial charge in [0.05, 0.1) is 24.3 Å². The van der Waals surface area contributed by atoms with Crippen LogP contribution in [0.15, 0.2) is 12.1 Å². The van der Waals surface area contributed by atoms with Gasteiger partial charge in [-0.05, 0) is 24.7 Å². The molecule has 0 aromatic heterocycles. The fourth-order valence-corrected chi connectivity index (χ4v) is 2.99.